The van der Waals surface area contributed by atoms with Crippen LogP contribution in [0.3, 0.4) is 0 Å². The van der Waals surface area contributed by atoms with E-state index in [1.807, 2.05) is 24.3 Å². The minimum Gasteiger partial charge on any atom is -0.493 e. The second-order valence-corrected chi connectivity index (χ2v) is 33.3. The number of hydrogen-bond donors (Lipinski definition) is 8. The topological polar surface area (TPSA) is 392 Å². The third-order valence-corrected chi connectivity index (χ3v) is 25.5. The first-order valence-corrected chi connectivity index (χ1v) is 42.0. The smallest absolute Gasteiger partial charge is 0.348 e. The Kier molecular flexibility index (Phi) is 23.0. The van der Waals surface area contributed by atoms with Crippen molar-refractivity contribution in [1.82, 2.24) is 49.8 Å². The number of amides is 11. The fraction of sp³-hybridized carbons (Fsp3) is 0.101. The van der Waals surface area contributed by atoms with Crippen molar-refractivity contribution in [3.63, 3.8) is 0 Å². The van der Waals surface area contributed by atoms with Gasteiger partial charge in [0.2, 0.25) is 0 Å². The minimum absolute atomic E-state index is 0.0307. The molecule has 15 aromatic rings. The number of carbonyl (C=O) groups excluding carboxylic acids is 7. The molecule has 624 valence electrons. The van der Waals surface area contributed by atoms with E-state index in [4.69, 9.17) is 55.9 Å². The number of likely N-dealkylation sites (tertiary alicyclic amines) is 1. The first-order valence-electron chi connectivity index (χ1n) is 36.3. The molecular weight excluding hydrogens is 1800 g/mol. The van der Waals surface area contributed by atoms with Crippen molar-refractivity contribution in [3.8, 4) is 11.5 Å². The summed E-state index contributed by atoms with van der Waals surface area (Å²) in [5.74, 6) is -2.79. The average molecular weight is 1850 g/mol. The predicted molar refractivity (Wildman–Crippen MR) is 468 cm³/mol. The molecule has 5 aliphatic rings. The lowest BCUT2D eigenvalue weighted by molar-refractivity contribution is 0.0702. The maximum atomic E-state index is 13.7. The van der Waals surface area contributed by atoms with Gasteiger partial charge >= 0.3 is 30.1 Å². The fourth-order valence-corrected chi connectivity index (χ4v) is 18.9. The van der Waals surface area contributed by atoms with Gasteiger partial charge in [0.05, 0.1) is 101 Å². The third kappa shape index (κ3) is 15.9. The molecule has 0 aliphatic carbocycles. The van der Waals surface area contributed by atoms with Crippen molar-refractivity contribution in [2.45, 2.75) is 25.8 Å². The van der Waals surface area contributed by atoms with Gasteiger partial charge in [-0.3, -0.25) is 24.6 Å². The normalized spacial score (nSPS) is 13.7. The van der Waals surface area contributed by atoms with Gasteiger partial charge in [-0.1, -0.05) is 65.0 Å². The number of methoxy groups -OCH3 is 2. The van der Waals surface area contributed by atoms with E-state index < -0.39 is 65.2 Å². The number of aromatic carboxylic acids is 1. The summed E-state index contributed by atoms with van der Waals surface area (Å²) in [6.07, 6.45) is 10.5. The summed E-state index contributed by atoms with van der Waals surface area (Å²) < 4.78 is 64.8. The van der Waals surface area contributed by atoms with E-state index in [1.165, 1.54) is 156 Å². The molecule has 14 heterocycles. The molecule has 9 aromatic heterocycles. The van der Waals surface area contributed by atoms with Crippen molar-refractivity contribution < 1.29 is 70.5 Å². The lowest BCUT2D eigenvalue weighted by Crippen LogP contribution is -2.35. The zero-order chi connectivity index (χ0) is 86.6. The Labute approximate surface area is 734 Å². The lowest BCUT2D eigenvalue weighted by atomic mass is 10.1. The summed E-state index contributed by atoms with van der Waals surface area (Å²) in [5, 5.41) is 32.1. The molecule has 1 fully saturated rings. The first kappa shape index (κ1) is 82.8. The second kappa shape index (κ2) is 34.4. The second-order valence-electron chi connectivity index (χ2n) is 26.8. The summed E-state index contributed by atoms with van der Waals surface area (Å²) in [6, 6.07) is 26.1. The monoisotopic (exact) mass is 1850 g/mol. The van der Waals surface area contributed by atoms with Crippen LogP contribution in [0.4, 0.5) is 122 Å². The van der Waals surface area contributed by atoms with E-state index in [0.29, 0.717) is 119 Å². The van der Waals surface area contributed by atoms with Crippen LogP contribution in [-0.4, -0.2) is 130 Å². The molecule has 6 aromatic carbocycles. The summed E-state index contributed by atoms with van der Waals surface area (Å²) in [5.41, 5.74) is 4.76. The van der Waals surface area contributed by atoms with E-state index in [0.717, 1.165) is 77.1 Å². The largest absolute Gasteiger partial charge is 0.493 e. The molecular formula is C79H51Cl4F4N21O11S5. The van der Waals surface area contributed by atoms with Crippen LogP contribution < -0.4 is 66.3 Å². The number of carbonyl (C=O) groups is 8. The summed E-state index contributed by atoms with van der Waals surface area (Å²) in [6.45, 7) is 3.14. The van der Waals surface area contributed by atoms with Crippen LogP contribution in [0.25, 0.3) is 40.9 Å². The Balaban J connectivity index is 0.000000118. The van der Waals surface area contributed by atoms with Crippen LogP contribution >= 0.6 is 103 Å². The number of nitrogens with one attached hydrogen (secondary N) is 7. The predicted octanol–water partition coefficient (Wildman–Crippen LogP) is 20.6. The first-order chi connectivity index (χ1) is 59.9. The van der Waals surface area contributed by atoms with E-state index in [9.17, 15) is 61.0 Å². The van der Waals surface area contributed by atoms with Crippen LogP contribution in [0, 0.1) is 23.3 Å². The highest BCUT2D eigenvalue weighted by Gasteiger charge is 2.40. The number of halogens is 8. The van der Waals surface area contributed by atoms with E-state index >= 15 is 0 Å². The van der Waals surface area contributed by atoms with Crippen LogP contribution in [0.15, 0.2) is 152 Å². The van der Waals surface area contributed by atoms with Crippen LogP contribution in [-0.2, 0) is 6.54 Å². The number of piperidine rings is 1. The fourth-order valence-electron chi connectivity index (χ4n) is 13.7. The van der Waals surface area contributed by atoms with Gasteiger partial charge in [0.1, 0.15) is 87.4 Å². The number of aromatic nitrogens is 9. The number of carboxylic acids is 1. The molecule has 0 radical (unpaired) electrons. The van der Waals surface area contributed by atoms with Gasteiger partial charge in [-0.25, -0.2) is 106 Å². The molecule has 0 spiro atoms. The molecule has 11 amide bonds. The number of urea groups is 4. The molecule has 0 bridgehead atoms. The molecule has 5 aliphatic heterocycles. The molecule has 32 nitrogen and oxygen atoms in total. The Bertz CT molecular complexity index is 6950. The van der Waals surface area contributed by atoms with Crippen molar-refractivity contribution >= 4 is 277 Å². The third-order valence-electron chi connectivity index (χ3n) is 19.3. The van der Waals surface area contributed by atoms with E-state index in [1.54, 1.807) is 29.8 Å². The van der Waals surface area contributed by atoms with Crippen LogP contribution in [0.5, 0.6) is 11.5 Å². The van der Waals surface area contributed by atoms with Gasteiger partial charge in [-0.2, -0.15) is 0 Å². The Morgan fingerprint density at radius 1 is 0.427 bits per heavy atom. The molecule has 0 saturated carbocycles. The van der Waals surface area contributed by atoms with Gasteiger partial charge in [-0.05, 0) is 129 Å². The Hall–Kier alpha value is -13.5. The lowest BCUT2D eigenvalue weighted by Gasteiger charge is -2.27. The highest BCUT2D eigenvalue weighted by atomic mass is 35.5. The van der Waals surface area contributed by atoms with Crippen molar-refractivity contribution in [3.05, 3.63) is 221 Å². The number of rotatable bonds is 15. The number of ether oxygens (including phenoxy) is 2. The summed E-state index contributed by atoms with van der Waals surface area (Å²) in [4.78, 5) is 150. The number of benzene rings is 6. The number of carboxylic acid groups (broad SMARTS) is 1. The molecule has 20 rings (SSSR count). The van der Waals surface area contributed by atoms with E-state index in [2.05, 4.69) is 87.0 Å². The Morgan fingerprint density at radius 2 is 0.774 bits per heavy atom. The van der Waals surface area contributed by atoms with Gasteiger partial charge in [-0.15, -0.1) is 56.7 Å². The number of thiophene rings is 4. The van der Waals surface area contributed by atoms with Crippen LogP contribution in [0.1, 0.15) is 63.5 Å². The number of hydrogen-bond acceptors (Lipinski definition) is 25. The molecule has 0 unspecified atom stereocenters. The summed E-state index contributed by atoms with van der Waals surface area (Å²) in [7, 11) is 3.01. The molecule has 1 saturated heterocycles. The Morgan fingerprint density at radius 3 is 1.12 bits per heavy atom. The maximum Gasteiger partial charge on any atom is 0.348 e. The zero-order valence-corrected chi connectivity index (χ0v) is 70.1. The standard InChI is InChI=1S/C26H22ClFN6O2S.C22H15ClFN5O4S.C17H8ClFN6O2S2.C14H6ClFN4O3S/c27-18-12-17(8-9-19(18)28)34-23-20-21(32-26(34)36)22(37-25(20)30-14-29-23)24(35)31-16-6-4-15(5-7-16)13-33-10-2-1-3-11-33;1-32-14-6-3-10(7-15(14)33-2)27-20(30)18-17-16-19(25-9-26-21(16)34-18)29(22(31)28-17)11-4-5-13(24)12(23)8-11;18-8-5-7(1-2-9(8)19)25-13-10-11(23-17(25)27)12(29-15(10)22-6-21-13)14(26)24-16-20-3-4-28-16;15-6-3-5(1-2-7(6)16)20-11-8-9(19-14(20)23)10(13(21)22)24-12(8)18-4-17-11/h4-9,12,14H,1-3,10-11,13H2,(H,31,35)(H,32,36);3-9H,1-2H3,(H,27,30)(H,28,31);1-6H,(H,23,27)(H,20,24,26);1-4H,(H,19,23)(H,21,22). The summed E-state index contributed by atoms with van der Waals surface area (Å²) >= 11 is 29.1. The van der Waals surface area contributed by atoms with E-state index in [-0.39, 0.29) is 63.8 Å². The van der Waals surface area contributed by atoms with Gasteiger partial charge < -0.3 is 46.5 Å². The zero-order valence-electron chi connectivity index (χ0n) is 63.0. The average Bonchev–Trinajstić information content (AvgIpc) is 1.59. The van der Waals surface area contributed by atoms with Gasteiger partial charge in [0.25, 0.3) is 17.7 Å². The highest BCUT2D eigenvalue weighted by molar-refractivity contribution is 7.23. The number of nitrogens with zero attached hydrogens (tertiary/aromatic N) is 14. The molecule has 0 atom stereocenters. The van der Waals surface area contributed by atoms with Crippen LogP contribution in [0.2, 0.25) is 20.1 Å². The SMILES string of the molecule is COc1ccc(NC(=O)c2sc3ncnc4c3c2NC(=O)N4c2ccc(F)c(Cl)c2)cc1OC.O=C(Nc1ccc(CN2CCCCC2)cc1)c1sc2ncnc3c2c1NC(=O)N3c1ccc(F)c(Cl)c1.O=C(Nc1nccs1)c1sc2ncnc3c2c1NC(=O)N3c1ccc(F)c(Cl)c1.O=C(O)c1sc2ncnc3c2c1NC(=O)N3c1ccc(F)c(Cl)c1. The molecule has 124 heavy (non-hydrogen) atoms. The minimum atomic E-state index is -1.17. The van der Waals surface area contributed by atoms with Gasteiger partial charge in [0, 0.05) is 35.6 Å². The van der Waals surface area contributed by atoms with Crippen molar-refractivity contribution in [1.29, 1.82) is 0 Å². The van der Waals surface area contributed by atoms with Crippen molar-refractivity contribution in [2.24, 2.45) is 0 Å². The quantitative estimate of drug-likeness (QED) is 0.0442. The highest BCUT2D eigenvalue weighted by Crippen LogP contribution is 2.51. The molecule has 45 heteroatoms. The maximum absolute atomic E-state index is 13.7. The number of anilines is 15. The van der Waals surface area contributed by atoms with Crippen molar-refractivity contribution in [2.75, 3.05) is 84.1 Å². The number of thiazole rings is 1. The van der Waals surface area contributed by atoms with Gasteiger partial charge in [0.15, 0.2) is 39.9 Å². The molecule has 8 N–H and O–H groups in total.